The van der Waals surface area contributed by atoms with Crippen LogP contribution >= 0.6 is 15.9 Å². The molecule has 0 amide bonds. The van der Waals surface area contributed by atoms with Crippen molar-refractivity contribution in [2.45, 2.75) is 25.5 Å². The van der Waals surface area contributed by atoms with E-state index in [-0.39, 0.29) is 6.10 Å². The quantitative estimate of drug-likeness (QED) is 0.596. The van der Waals surface area contributed by atoms with Gasteiger partial charge >= 0.3 is 0 Å². The van der Waals surface area contributed by atoms with Crippen LogP contribution in [0.2, 0.25) is 0 Å². The molecule has 1 saturated heterocycles. The van der Waals surface area contributed by atoms with Crippen molar-refractivity contribution in [3.05, 3.63) is 40.8 Å². The van der Waals surface area contributed by atoms with Crippen LogP contribution in [-0.4, -0.2) is 46.1 Å². The predicted octanol–water partition coefficient (Wildman–Crippen LogP) is 3.32. The van der Waals surface area contributed by atoms with Crippen LogP contribution in [0.5, 0.6) is 5.75 Å². The van der Waals surface area contributed by atoms with E-state index in [0.717, 1.165) is 52.1 Å². The molecule has 27 heavy (non-hydrogen) atoms. The van der Waals surface area contributed by atoms with Crippen molar-refractivity contribution >= 4 is 32.8 Å². The maximum Gasteiger partial charge on any atom is 0.163 e. The molecule has 1 aromatic carbocycles. The van der Waals surface area contributed by atoms with Crippen molar-refractivity contribution in [2.75, 3.05) is 25.2 Å². The molecule has 0 radical (unpaired) electrons. The van der Waals surface area contributed by atoms with Crippen LogP contribution in [0.3, 0.4) is 0 Å². The van der Waals surface area contributed by atoms with Gasteiger partial charge in [0.1, 0.15) is 24.5 Å². The summed E-state index contributed by atoms with van der Waals surface area (Å²) >= 11 is 3.62. The first-order valence-electron chi connectivity index (χ1n) is 8.99. The smallest absolute Gasteiger partial charge is 0.163 e. The Morgan fingerprint density at radius 1 is 1.37 bits per heavy atom. The van der Waals surface area contributed by atoms with E-state index in [1.807, 2.05) is 26.2 Å². The summed E-state index contributed by atoms with van der Waals surface area (Å²) in [6.45, 7) is 2.05. The van der Waals surface area contributed by atoms with Gasteiger partial charge in [0.2, 0.25) is 0 Å². The molecule has 0 N–H and O–H groups in total. The molecular formula is C19H22BrN5O2. The highest BCUT2D eigenvalue weighted by atomic mass is 79.9. The minimum absolute atomic E-state index is 0.180. The van der Waals surface area contributed by atoms with Crippen LogP contribution in [0.4, 0.5) is 5.82 Å². The first-order chi connectivity index (χ1) is 13.1. The predicted molar refractivity (Wildman–Crippen MR) is 107 cm³/mol. The molecule has 0 bridgehead atoms. The first-order valence-corrected chi connectivity index (χ1v) is 9.78. The van der Waals surface area contributed by atoms with Crippen molar-refractivity contribution in [3.8, 4) is 5.75 Å². The van der Waals surface area contributed by atoms with E-state index in [1.165, 1.54) is 0 Å². The molecule has 1 unspecified atom stereocenters. The van der Waals surface area contributed by atoms with Gasteiger partial charge in [0.25, 0.3) is 0 Å². The van der Waals surface area contributed by atoms with Gasteiger partial charge in [0.05, 0.1) is 22.2 Å². The number of aromatic nitrogens is 4. The van der Waals surface area contributed by atoms with Crippen molar-refractivity contribution in [3.63, 3.8) is 0 Å². The fourth-order valence-electron chi connectivity index (χ4n) is 3.38. The van der Waals surface area contributed by atoms with E-state index in [2.05, 4.69) is 42.0 Å². The maximum absolute atomic E-state index is 6.13. The second-order valence-corrected chi connectivity index (χ2v) is 7.59. The molecule has 0 spiro atoms. The normalized spacial score (nSPS) is 16.8. The highest BCUT2D eigenvalue weighted by Crippen LogP contribution is 2.32. The fourth-order valence-corrected chi connectivity index (χ4v) is 3.90. The Kier molecular flexibility index (Phi) is 5.27. The molecule has 8 heteroatoms. The Morgan fingerprint density at radius 2 is 2.26 bits per heavy atom. The highest BCUT2D eigenvalue weighted by Gasteiger charge is 2.19. The Labute approximate surface area is 166 Å². The number of fused-ring (bicyclic) bond motifs is 1. The number of ether oxygens (including phenoxy) is 2. The number of benzene rings is 1. The minimum atomic E-state index is 0.180. The van der Waals surface area contributed by atoms with Crippen LogP contribution in [0.15, 0.2) is 35.2 Å². The summed E-state index contributed by atoms with van der Waals surface area (Å²) in [5.74, 6) is 1.70. The summed E-state index contributed by atoms with van der Waals surface area (Å²) in [6, 6.07) is 6.10. The highest BCUT2D eigenvalue weighted by molar-refractivity contribution is 9.10. The Balaban J connectivity index is 1.57. The summed E-state index contributed by atoms with van der Waals surface area (Å²) in [5.41, 5.74) is 1.90. The number of nitrogens with zero attached hydrogens (tertiary/aromatic N) is 5. The van der Waals surface area contributed by atoms with Gasteiger partial charge in [-0.2, -0.15) is 5.10 Å². The van der Waals surface area contributed by atoms with Crippen molar-refractivity contribution in [2.24, 2.45) is 7.05 Å². The average Bonchev–Trinajstić information content (AvgIpc) is 3.31. The minimum Gasteiger partial charge on any atom is -0.489 e. The molecule has 3 heterocycles. The lowest BCUT2D eigenvalue weighted by molar-refractivity contribution is 0.0673. The maximum atomic E-state index is 6.13. The van der Waals surface area contributed by atoms with Gasteiger partial charge in [-0.25, -0.2) is 9.97 Å². The molecule has 142 valence electrons. The van der Waals surface area contributed by atoms with Crippen LogP contribution in [0.25, 0.3) is 11.0 Å². The van der Waals surface area contributed by atoms with Gasteiger partial charge in [-0.05, 0) is 34.8 Å². The topological polar surface area (TPSA) is 65.3 Å². The number of anilines is 1. The lowest BCUT2D eigenvalue weighted by Crippen LogP contribution is -2.21. The summed E-state index contributed by atoms with van der Waals surface area (Å²) < 4.78 is 14.5. The van der Waals surface area contributed by atoms with Gasteiger partial charge in [0, 0.05) is 32.8 Å². The average molecular weight is 432 g/mol. The molecule has 1 aliphatic rings. The zero-order valence-electron chi connectivity index (χ0n) is 15.4. The van der Waals surface area contributed by atoms with E-state index in [1.54, 1.807) is 17.2 Å². The molecule has 1 fully saturated rings. The standard InChI is InChI=1S/C19H22BrN5O2/c1-24(18-15-9-23-25(2)19(15)22-12-21-18)10-13-5-3-7-16(20)17(13)27-11-14-6-4-8-26-14/h3,5,7,9,12,14H,4,6,8,10-11H2,1-2H3. The number of hydrogen-bond acceptors (Lipinski definition) is 6. The molecule has 1 atom stereocenters. The van der Waals surface area contributed by atoms with Gasteiger partial charge in [-0.15, -0.1) is 0 Å². The molecule has 0 aliphatic carbocycles. The third-order valence-electron chi connectivity index (χ3n) is 4.76. The van der Waals surface area contributed by atoms with Crippen molar-refractivity contribution in [1.29, 1.82) is 0 Å². The van der Waals surface area contributed by atoms with Crippen LogP contribution in [0.1, 0.15) is 18.4 Å². The van der Waals surface area contributed by atoms with Crippen molar-refractivity contribution in [1.82, 2.24) is 19.7 Å². The number of rotatable bonds is 6. The lowest BCUT2D eigenvalue weighted by Gasteiger charge is -2.22. The molecule has 1 aliphatic heterocycles. The third kappa shape index (κ3) is 3.77. The van der Waals surface area contributed by atoms with E-state index in [9.17, 15) is 0 Å². The fraction of sp³-hybridized carbons (Fsp3) is 0.421. The zero-order valence-corrected chi connectivity index (χ0v) is 17.0. The Bertz CT molecular complexity index is 939. The van der Waals surface area contributed by atoms with Crippen LogP contribution < -0.4 is 9.64 Å². The molecule has 3 aromatic rings. The van der Waals surface area contributed by atoms with Gasteiger partial charge in [-0.3, -0.25) is 4.68 Å². The SMILES string of the molecule is CN(Cc1cccc(Br)c1OCC1CCCO1)c1ncnc2c1cnn2C. The van der Waals surface area contributed by atoms with E-state index < -0.39 is 0 Å². The summed E-state index contributed by atoms with van der Waals surface area (Å²) in [6.07, 6.45) is 5.72. The summed E-state index contributed by atoms with van der Waals surface area (Å²) in [7, 11) is 3.89. The third-order valence-corrected chi connectivity index (χ3v) is 5.39. The molecule has 2 aromatic heterocycles. The summed E-state index contributed by atoms with van der Waals surface area (Å²) in [5, 5.41) is 5.22. The number of aryl methyl sites for hydroxylation is 1. The number of halogens is 1. The van der Waals surface area contributed by atoms with Crippen LogP contribution in [0, 0.1) is 0 Å². The van der Waals surface area contributed by atoms with Gasteiger partial charge < -0.3 is 14.4 Å². The monoisotopic (exact) mass is 431 g/mol. The zero-order chi connectivity index (χ0) is 18.8. The number of para-hydroxylation sites is 1. The second kappa shape index (κ2) is 7.82. The van der Waals surface area contributed by atoms with E-state index >= 15 is 0 Å². The van der Waals surface area contributed by atoms with E-state index in [0.29, 0.717) is 13.2 Å². The molecule has 0 saturated carbocycles. The number of hydrogen-bond donors (Lipinski definition) is 0. The van der Waals surface area contributed by atoms with Crippen molar-refractivity contribution < 1.29 is 9.47 Å². The molecule has 4 rings (SSSR count). The second-order valence-electron chi connectivity index (χ2n) is 6.73. The van der Waals surface area contributed by atoms with Gasteiger partial charge in [0.15, 0.2) is 5.65 Å². The largest absolute Gasteiger partial charge is 0.489 e. The van der Waals surface area contributed by atoms with E-state index in [4.69, 9.17) is 9.47 Å². The summed E-state index contributed by atoms with van der Waals surface area (Å²) in [4.78, 5) is 10.9. The molecular weight excluding hydrogens is 410 g/mol. The Morgan fingerprint density at radius 3 is 3.07 bits per heavy atom. The van der Waals surface area contributed by atoms with Crippen LogP contribution in [-0.2, 0) is 18.3 Å². The first kappa shape index (κ1) is 18.2. The molecule has 7 nitrogen and oxygen atoms in total. The van der Waals surface area contributed by atoms with Gasteiger partial charge in [-0.1, -0.05) is 12.1 Å². The Hall–Kier alpha value is -2.19. The lowest BCUT2D eigenvalue weighted by atomic mass is 10.2.